The average Bonchev–Trinajstić information content (AvgIpc) is 2.31. The van der Waals surface area contributed by atoms with Crippen LogP contribution < -0.4 is 0 Å². The molecule has 0 aromatic carbocycles. The molecule has 1 rings (SSSR count). The molecule has 0 saturated carbocycles. The first-order valence-corrected chi connectivity index (χ1v) is 5.55. The summed E-state index contributed by atoms with van der Waals surface area (Å²) in [6.07, 6.45) is 3.39. The summed E-state index contributed by atoms with van der Waals surface area (Å²) in [5.74, 6) is 0. The van der Waals surface area contributed by atoms with Crippen LogP contribution in [0.15, 0.2) is 12.4 Å². The highest BCUT2D eigenvalue weighted by atomic mass is 14.8. The zero-order valence-electron chi connectivity index (χ0n) is 11.0. The van der Waals surface area contributed by atoms with E-state index in [1.165, 1.54) is 0 Å². The molecule has 0 bridgehead atoms. The molecule has 84 valence electrons. The molecule has 0 spiro atoms. The van der Waals surface area contributed by atoms with E-state index < -0.39 is 0 Å². The average molecular weight is 198 g/mol. The molecule has 1 aromatic heterocycles. The maximum absolute atomic E-state index is 4.02. The predicted molar refractivity (Wildman–Crippen MR) is 65.6 cm³/mol. The van der Waals surface area contributed by atoms with Crippen LogP contribution in [0.25, 0.3) is 0 Å². The van der Waals surface area contributed by atoms with Gasteiger partial charge in [-0.3, -0.25) is 9.97 Å². The van der Waals surface area contributed by atoms with Crippen molar-refractivity contribution >= 4 is 0 Å². The van der Waals surface area contributed by atoms with E-state index >= 15 is 0 Å². The minimum absolute atomic E-state index is 1.01. The maximum Gasteiger partial charge on any atom is 0.0584 e. The fourth-order valence-corrected chi connectivity index (χ4v) is 0.477. The summed E-state index contributed by atoms with van der Waals surface area (Å²) in [6.45, 7) is 15.9. The van der Waals surface area contributed by atoms with Gasteiger partial charge in [-0.05, 0) is 13.8 Å². The van der Waals surface area contributed by atoms with Gasteiger partial charge in [0.15, 0.2) is 0 Å². The van der Waals surface area contributed by atoms with Gasteiger partial charge in [-0.2, -0.15) is 0 Å². The van der Waals surface area contributed by atoms with Gasteiger partial charge < -0.3 is 0 Å². The molecule has 1 aromatic rings. The van der Waals surface area contributed by atoms with Crippen LogP contribution in [0.3, 0.4) is 0 Å². The highest BCUT2D eigenvalue weighted by Crippen LogP contribution is 1.93. The summed E-state index contributed by atoms with van der Waals surface area (Å²) in [5, 5.41) is 0. The van der Waals surface area contributed by atoms with E-state index in [2.05, 4.69) is 9.97 Å². The van der Waals surface area contributed by atoms with Gasteiger partial charge in [0.1, 0.15) is 0 Å². The molecule has 2 nitrogen and oxygen atoms in total. The largest absolute Gasteiger partial charge is 0.258 e. The van der Waals surface area contributed by atoms with Crippen LogP contribution in [0.2, 0.25) is 0 Å². The Balaban J connectivity index is -0.000000174. The summed E-state index contributed by atoms with van der Waals surface area (Å²) >= 11 is 0. The molecule has 0 amide bonds. The molecule has 0 N–H and O–H groups in total. The van der Waals surface area contributed by atoms with E-state index in [0.717, 1.165) is 11.4 Å². The monoisotopic (exact) mass is 198 g/mol. The quantitative estimate of drug-likeness (QED) is 0.625. The summed E-state index contributed by atoms with van der Waals surface area (Å²) < 4.78 is 0. The lowest BCUT2D eigenvalue weighted by Gasteiger charge is -1.91. The Morgan fingerprint density at radius 2 is 0.857 bits per heavy atom. The number of hydrogen-bond donors (Lipinski definition) is 0. The number of aromatic nitrogens is 2. The van der Waals surface area contributed by atoms with Crippen molar-refractivity contribution in [2.45, 2.75) is 55.4 Å². The van der Waals surface area contributed by atoms with Crippen LogP contribution in [0.5, 0.6) is 0 Å². The second kappa shape index (κ2) is 18.0. The highest BCUT2D eigenvalue weighted by Gasteiger charge is 1.87. The lowest BCUT2D eigenvalue weighted by molar-refractivity contribution is 1.05. The van der Waals surface area contributed by atoms with Crippen molar-refractivity contribution < 1.29 is 0 Å². The Kier molecular flexibility index (Phi) is 24.1. The van der Waals surface area contributed by atoms with Gasteiger partial charge in [-0.15, -0.1) is 0 Å². The van der Waals surface area contributed by atoms with Crippen molar-refractivity contribution in [2.24, 2.45) is 0 Å². The first-order valence-electron chi connectivity index (χ1n) is 5.55. The normalized spacial score (nSPS) is 6.57. The second-order valence-electron chi connectivity index (χ2n) is 1.73. The summed E-state index contributed by atoms with van der Waals surface area (Å²) in [6, 6.07) is 0. The van der Waals surface area contributed by atoms with Gasteiger partial charge in [0.05, 0.1) is 11.4 Å². The van der Waals surface area contributed by atoms with Crippen molar-refractivity contribution in [1.29, 1.82) is 0 Å². The molecule has 0 saturated heterocycles. The second-order valence-corrected chi connectivity index (χ2v) is 1.73. The fraction of sp³-hybridized carbons (Fsp3) is 0.667. The van der Waals surface area contributed by atoms with Crippen LogP contribution in [-0.2, 0) is 0 Å². The van der Waals surface area contributed by atoms with Crippen molar-refractivity contribution in [2.75, 3.05) is 0 Å². The molecular formula is C12H26N2. The minimum atomic E-state index is 1.01. The molecule has 0 radical (unpaired) electrons. The van der Waals surface area contributed by atoms with Crippen LogP contribution in [0.4, 0.5) is 0 Å². The standard InChI is InChI=1S/C6H8N2.3C2H6/c1-5-6(2)8-4-3-7-5;3*1-2/h3-4H,1-2H3;3*1-2H3. The molecule has 2 heteroatoms. The van der Waals surface area contributed by atoms with E-state index in [1.807, 2.05) is 55.4 Å². The third-order valence-corrected chi connectivity index (χ3v) is 1.13. The molecule has 0 aliphatic carbocycles. The number of nitrogens with zero attached hydrogens (tertiary/aromatic N) is 2. The molecule has 14 heavy (non-hydrogen) atoms. The van der Waals surface area contributed by atoms with Crippen LogP contribution in [-0.4, -0.2) is 9.97 Å². The number of hydrogen-bond acceptors (Lipinski definition) is 2. The fourth-order valence-electron chi connectivity index (χ4n) is 0.477. The molecule has 0 atom stereocenters. The lowest BCUT2D eigenvalue weighted by atomic mass is 10.4. The molecule has 0 unspecified atom stereocenters. The van der Waals surface area contributed by atoms with E-state index in [1.54, 1.807) is 12.4 Å². The van der Waals surface area contributed by atoms with Gasteiger partial charge in [-0.1, -0.05) is 41.5 Å². The third kappa shape index (κ3) is 11.1. The number of aryl methyl sites for hydroxylation is 2. The topological polar surface area (TPSA) is 25.8 Å². The Morgan fingerprint density at radius 1 is 0.643 bits per heavy atom. The molecule has 1 heterocycles. The Hall–Kier alpha value is -0.920. The van der Waals surface area contributed by atoms with Crippen molar-refractivity contribution in [3.05, 3.63) is 23.8 Å². The Bertz CT molecular complexity index is 164. The van der Waals surface area contributed by atoms with Crippen LogP contribution >= 0.6 is 0 Å². The van der Waals surface area contributed by atoms with Gasteiger partial charge in [-0.25, -0.2) is 0 Å². The molecule has 0 fully saturated rings. The van der Waals surface area contributed by atoms with Gasteiger partial charge in [0.2, 0.25) is 0 Å². The van der Waals surface area contributed by atoms with Crippen LogP contribution in [0, 0.1) is 13.8 Å². The highest BCUT2D eigenvalue weighted by molar-refractivity contribution is 5.04. The summed E-state index contributed by atoms with van der Waals surface area (Å²) in [7, 11) is 0. The molecular weight excluding hydrogens is 172 g/mol. The van der Waals surface area contributed by atoms with Crippen molar-refractivity contribution in [3.63, 3.8) is 0 Å². The maximum atomic E-state index is 4.02. The predicted octanol–water partition coefficient (Wildman–Crippen LogP) is 4.17. The van der Waals surface area contributed by atoms with Crippen molar-refractivity contribution in [1.82, 2.24) is 9.97 Å². The Labute approximate surface area is 89.8 Å². The summed E-state index contributed by atoms with van der Waals surface area (Å²) in [5.41, 5.74) is 2.01. The zero-order valence-corrected chi connectivity index (χ0v) is 11.0. The van der Waals surface area contributed by atoms with E-state index in [-0.39, 0.29) is 0 Å². The van der Waals surface area contributed by atoms with E-state index in [9.17, 15) is 0 Å². The van der Waals surface area contributed by atoms with E-state index in [0.29, 0.717) is 0 Å². The smallest absolute Gasteiger partial charge is 0.0584 e. The molecule has 0 aliphatic rings. The first kappa shape index (κ1) is 18.8. The SMILES string of the molecule is CC.CC.CC.Cc1nccnc1C. The van der Waals surface area contributed by atoms with Gasteiger partial charge in [0.25, 0.3) is 0 Å². The third-order valence-electron chi connectivity index (χ3n) is 1.13. The van der Waals surface area contributed by atoms with Gasteiger partial charge in [0, 0.05) is 12.4 Å². The summed E-state index contributed by atoms with van der Waals surface area (Å²) in [4.78, 5) is 8.03. The zero-order chi connectivity index (χ0) is 12.0. The van der Waals surface area contributed by atoms with Gasteiger partial charge >= 0.3 is 0 Å². The minimum Gasteiger partial charge on any atom is -0.258 e. The molecule has 0 aliphatic heterocycles. The first-order chi connectivity index (χ1) is 6.80. The number of rotatable bonds is 0. The lowest BCUT2D eigenvalue weighted by Crippen LogP contribution is -1.87. The van der Waals surface area contributed by atoms with E-state index in [4.69, 9.17) is 0 Å². The van der Waals surface area contributed by atoms with Crippen molar-refractivity contribution in [3.8, 4) is 0 Å². The Morgan fingerprint density at radius 3 is 1.00 bits per heavy atom. The van der Waals surface area contributed by atoms with Crippen LogP contribution in [0.1, 0.15) is 52.9 Å².